The number of hydrogen-bond acceptors (Lipinski definition) is 3. The number of carbonyl (C=O) groups is 1. The first-order valence-electron chi connectivity index (χ1n) is 6.28. The van der Waals surface area contributed by atoms with Gasteiger partial charge >= 0.3 is 0 Å². The van der Waals surface area contributed by atoms with Crippen molar-refractivity contribution in [1.29, 1.82) is 0 Å². The second-order valence-corrected chi connectivity index (χ2v) is 4.49. The molecule has 100 valence electrons. The van der Waals surface area contributed by atoms with Crippen molar-refractivity contribution >= 4 is 11.9 Å². The molecule has 0 bridgehead atoms. The van der Waals surface area contributed by atoms with Crippen LogP contribution in [0.25, 0.3) is 6.08 Å². The van der Waals surface area contributed by atoms with Gasteiger partial charge in [0.05, 0.1) is 17.5 Å². The van der Waals surface area contributed by atoms with Gasteiger partial charge < -0.3 is 0 Å². The van der Waals surface area contributed by atoms with Crippen molar-refractivity contribution in [3.05, 3.63) is 41.0 Å². The molecule has 5 heteroatoms. The van der Waals surface area contributed by atoms with E-state index >= 15 is 0 Å². The maximum atomic E-state index is 12.1. The van der Waals surface area contributed by atoms with Crippen LogP contribution in [-0.4, -0.2) is 25.3 Å². The van der Waals surface area contributed by atoms with Crippen LogP contribution in [0.15, 0.2) is 18.5 Å². The summed E-state index contributed by atoms with van der Waals surface area (Å²) in [4.78, 5) is 12.1. The van der Waals surface area contributed by atoms with Crippen molar-refractivity contribution in [2.45, 2.75) is 27.3 Å². The van der Waals surface area contributed by atoms with E-state index in [-0.39, 0.29) is 5.78 Å². The minimum atomic E-state index is -0.0331. The summed E-state index contributed by atoms with van der Waals surface area (Å²) in [6, 6.07) is 0. The Kier molecular flexibility index (Phi) is 3.64. The zero-order valence-electron chi connectivity index (χ0n) is 11.7. The fraction of sp³-hybridized carbons (Fsp3) is 0.357. The zero-order valence-corrected chi connectivity index (χ0v) is 11.7. The molecule has 0 radical (unpaired) electrons. The Morgan fingerprint density at radius 2 is 2.16 bits per heavy atom. The van der Waals surface area contributed by atoms with E-state index in [1.165, 1.54) is 0 Å². The van der Waals surface area contributed by atoms with Gasteiger partial charge in [0, 0.05) is 31.0 Å². The van der Waals surface area contributed by atoms with Gasteiger partial charge in [-0.2, -0.15) is 10.2 Å². The number of allylic oxidation sites excluding steroid dienone is 1. The molecule has 0 amide bonds. The molecule has 2 rings (SSSR count). The van der Waals surface area contributed by atoms with Crippen molar-refractivity contribution in [3.63, 3.8) is 0 Å². The highest BCUT2D eigenvalue weighted by Gasteiger charge is 2.10. The third kappa shape index (κ3) is 2.65. The van der Waals surface area contributed by atoms with Gasteiger partial charge in [0.25, 0.3) is 0 Å². The second-order valence-electron chi connectivity index (χ2n) is 4.49. The number of ketones is 1. The van der Waals surface area contributed by atoms with Crippen LogP contribution in [0.4, 0.5) is 0 Å². The highest BCUT2D eigenvalue weighted by molar-refractivity contribution is 6.07. The molecule has 2 aromatic rings. The highest BCUT2D eigenvalue weighted by Crippen LogP contribution is 2.11. The van der Waals surface area contributed by atoms with Crippen LogP contribution in [0, 0.1) is 13.8 Å². The van der Waals surface area contributed by atoms with Crippen molar-refractivity contribution in [2.24, 2.45) is 7.05 Å². The summed E-state index contributed by atoms with van der Waals surface area (Å²) in [5.41, 5.74) is 3.40. The minimum absolute atomic E-state index is 0.0331. The SMILES string of the molecule is CCn1cc(/C=C/C(=O)c2cnn(C)c2C)c(C)n1. The molecule has 0 aliphatic carbocycles. The van der Waals surface area contributed by atoms with Gasteiger partial charge in [-0.05, 0) is 32.9 Å². The van der Waals surface area contributed by atoms with Crippen LogP contribution in [0.3, 0.4) is 0 Å². The number of nitrogens with zero attached hydrogens (tertiary/aromatic N) is 4. The normalized spacial score (nSPS) is 11.4. The summed E-state index contributed by atoms with van der Waals surface area (Å²) in [7, 11) is 1.82. The van der Waals surface area contributed by atoms with Gasteiger partial charge in [-0.25, -0.2) is 0 Å². The van der Waals surface area contributed by atoms with Crippen molar-refractivity contribution < 1.29 is 4.79 Å². The van der Waals surface area contributed by atoms with Crippen molar-refractivity contribution in [3.8, 4) is 0 Å². The van der Waals surface area contributed by atoms with E-state index in [1.807, 2.05) is 44.8 Å². The molecular weight excluding hydrogens is 240 g/mol. The molecule has 2 aromatic heterocycles. The third-order valence-corrected chi connectivity index (χ3v) is 3.22. The minimum Gasteiger partial charge on any atom is -0.289 e. The molecule has 0 N–H and O–H groups in total. The van der Waals surface area contributed by atoms with Gasteiger partial charge in [-0.3, -0.25) is 14.2 Å². The maximum Gasteiger partial charge on any atom is 0.189 e. The molecule has 5 nitrogen and oxygen atoms in total. The van der Waals surface area contributed by atoms with Crippen LogP contribution in [0.5, 0.6) is 0 Å². The Morgan fingerprint density at radius 1 is 1.42 bits per heavy atom. The standard InChI is InChI=1S/C14H18N4O/c1-5-18-9-12(10(2)16-18)6-7-14(19)13-8-15-17(4)11(13)3/h6-9H,5H2,1-4H3/b7-6+. The molecule has 0 aromatic carbocycles. The van der Waals surface area contributed by atoms with Gasteiger partial charge in [-0.1, -0.05) is 0 Å². The number of aromatic nitrogens is 4. The quantitative estimate of drug-likeness (QED) is 0.623. The van der Waals surface area contributed by atoms with E-state index in [9.17, 15) is 4.79 Å². The lowest BCUT2D eigenvalue weighted by atomic mass is 10.1. The molecule has 0 saturated heterocycles. The second kappa shape index (κ2) is 5.22. The van der Waals surface area contributed by atoms with Crippen molar-refractivity contribution in [1.82, 2.24) is 19.6 Å². The molecule has 0 aliphatic rings. The zero-order chi connectivity index (χ0) is 14.0. The third-order valence-electron chi connectivity index (χ3n) is 3.22. The first kappa shape index (κ1) is 13.3. The van der Waals surface area contributed by atoms with E-state index < -0.39 is 0 Å². The van der Waals surface area contributed by atoms with E-state index in [0.717, 1.165) is 23.5 Å². The molecule has 0 saturated carbocycles. The van der Waals surface area contributed by atoms with E-state index in [1.54, 1.807) is 17.0 Å². The molecule has 0 spiro atoms. The Labute approximate surface area is 112 Å². The molecule has 0 aliphatic heterocycles. The maximum absolute atomic E-state index is 12.1. The Morgan fingerprint density at radius 3 is 2.68 bits per heavy atom. The van der Waals surface area contributed by atoms with E-state index in [0.29, 0.717) is 5.56 Å². The van der Waals surface area contributed by atoms with E-state index in [4.69, 9.17) is 0 Å². The average Bonchev–Trinajstić information content (AvgIpc) is 2.91. The first-order chi connectivity index (χ1) is 9.02. The monoisotopic (exact) mass is 258 g/mol. The predicted molar refractivity (Wildman–Crippen MR) is 73.9 cm³/mol. The van der Waals surface area contributed by atoms with Gasteiger partial charge in [0.15, 0.2) is 5.78 Å². The number of aryl methyl sites for hydroxylation is 3. The predicted octanol–water partition coefficient (Wildman–Crippen LogP) is 2.15. The number of carbonyl (C=O) groups excluding carboxylic acids is 1. The average molecular weight is 258 g/mol. The molecule has 0 fully saturated rings. The van der Waals surface area contributed by atoms with Gasteiger partial charge in [0.1, 0.15) is 0 Å². The molecule has 19 heavy (non-hydrogen) atoms. The fourth-order valence-corrected chi connectivity index (χ4v) is 1.85. The molecule has 0 atom stereocenters. The van der Waals surface area contributed by atoms with Crippen LogP contribution >= 0.6 is 0 Å². The number of rotatable bonds is 4. The smallest absolute Gasteiger partial charge is 0.189 e. The van der Waals surface area contributed by atoms with Gasteiger partial charge in [-0.15, -0.1) is 0 Å². The summed E-state index contributed by atoms with van der Waals surface area (Å²) in [5.74, 6) is -0.0331. The lowest BCUT2D eigenvalue weighted by Gasteiger charge is -1.95. The summed E-state index contributed by atoms with van der Waals surface area (Å²) in [6.07, 6.45) is 6.93. The lowest BCUT2D eigenvalue weighted by molar-refractivity contribution is 0.104. The molecule has 2 heterocycles. The Hall–Kier alpha value is -2.17. The largest absolute Gasteiger partial charge is 0.289 e. The summed E-state index contributed by atoms with van der Waals surface area (Å²) in [5, 5.41) is 8.41. The van der Waals surface area contributed by atoms with Crippen LogP contribution < -0.4 is 0 Å². The first-order valence-corrected chi connectivity index (χ1v) is 6.28. The van der Waals surface area contributed by atoms with Crippen LogP contribution in [-0.2, 0) is 13.6 Å². The van der Waals surface area contributed by atoms with Crippen molar-refractivity contribution in [2.75, 3.05) is 0 Å². The summed E-state index contributed by atoms with van der Waals surface area (Å²) in [6.45, 7) is 6.68. The highest BCUT2D eigenvalue weighted by atomic mass is 16.1. The lowest BCUT2D eigenvalue weighted by Crippen LogP contribution is -1.98. The fourth-order valence-electron chi connectivity index (χ4n) is 1.85. The summed E-state index contributed by atoms with van der Waals surface area (Å²) >= 11 is 0. The summed E-state index contributed by atoms with van der Waals surface area (Å²) < 4.78 is 3.55. The van der Waals surface area contributed by atoms with E-state index in [2.05, 4.69) is 10.2 Å². The van der Waals surface area contributed by atoms with Crippen LogP contribution in [0.1, 0.15) is 34.2 Å². The topological polar surface area (TPSA) is 52.7 Å². The van der Waals surface area contributed by atoms with Gasteiger partial charge in [0.2, 0.25) is 0 Å². The Bertz CT molecular complexity index is 634. The van der Waals surface area contributed by atoms with Crippen LogP contribution in [0.2, 0.25) is 0 Å². The Balaban J connectivity index is 2.20. The number of hydrogen-bond donors (Lipinski definition) is 0. The molecule has 0 unspecified atom stereocenters. The molecular formula is C14H18N4O.